The molecule has 0 saturated carbocycles. The number of nitrogens with one attached hydrogen (secondary N) is 1. The summed E-state index contributed by atoms with van der Waals surface area (Å²) in [7, 11) is 0. The first kappa shape index (κ1) is 19.4. The van der Waals surface area contributed by atoms with Crippen LogP contribution in [-0.2, 0) is 13.1 Å². The molecule has 3 fully saturated rings. The first-order valence-electron chi connectivity index (χ1n) is 10.6. The molecule has 4 heterocycles. The average molecular weight is 428 g/mol. The van der Waals surface area contributed by atoms with Crippen LogP contribution >= 0.6 is 23.2 Å². The lowest BCUT2D eigenvalue weighted by molar-refractivity contribution is 0.0720. The molecular weight excluding hydrogens is 401 g/mol. The quantitative estimate of drug-likeness (QED) is 0.580. The standard InChI is InChI=1S/C24H27Cl2N3/c1-16-21(13-27-23-15-28-10-8-17(23)9-11-28)20-4-2-3-5-24(20)29(16)14-18-6-7-19(25)12-22(18)26/h2-7,12,17,23,27H,8-11,13-15H2,1H3. The highest BCUT2D eigenvalue weighted by Crippen LogP contribution is 2.31. The Morgan fingerprint density at radius 2 is 1.86 bits per heavy atom. The number of nitrogens with zero attached hydrogens (tertiary/aromatic N) is 2. The lowest BCUT2D eigenvalue weighted by Gasteiger charge is -2.45. The first-order chi connectivity index (χ1) is 14.1. The lowest BCUT2D eigenvalue weighted by atomic mass is 9.84. The minimum atomic E-state index is 0.615. The number of para-hydroxylation sites is 1. The second-order valence-corrected chi connectivity index (χ2v) is 9.37. The van der Waals surface area contributed by atoms with Crippen molar-refractivity contribution in [2.24, 2.45) is 5.92 Å². The van der Waals surface area contributed by atoms with Crippen LogP contribution in [0, 0.1) is 12.8 Å². The van der Waals surface area contributed by atoms with Gasteiger partial charge in [0.15, 0.2) is 0 Å². The fourth-order valence-electron chi connectivity index (χ4n) is 5.18. The lowest BCUT2D eigenvalue weighted by Crippen LogP contribution is -2.55. The molecule has 5 heteroatoms. The van der Waals surface area contributed by atoms with E-state index in [4.69, 9.17) is 23.2 Å². The highest BCUT2D eigenvalue weighted by atomic mass is 35.5. The number of hydrogen-bond donors (Lipinski definition) is 1. The summed E-state index contributed by atoms with van der Waals surface area (Å²) in [6, 6.07) is 15.1. The molecule has 3 aliphatic rings. The van der Waals surface area contributed by atoms with E-state index in [0.717, 1.165) is 29.6 Å². The minimum absolute atomic E-state index is 0.615. The summed E-state index contributed by atoms with van der Waals surface area (Å²) in [5, 5.41) is 6.64. The number of hydrogen-bond acceptors (Lipinski definition) is 2. The third-order valence-electron chi connectivity index (χ3n) is 6.90. The van der Waals surface area contributed by atoms with Crippen molar-refractivity contribution in [3.63, 3.8) is 0 Å². The second-order valence-electron chi connectivity index (χ2n) is 8.53. The molecule has 0 amide bonds. The highest BCUT2D eigenvalue weighted by Gasteiger charge is 2.33. The number of halogens is 2. The maximum absolute atomic E-state index is 6.47. The van der Waals surface area contributed by atoms with Crippen LogP contribution in [0.25, 0.3) is 10.9 Å². The van der Waals surface area contributed by atoms with Gasteiger partial charge < -0.3 is 14.8 Å². The van der Waals surface area contributed by atoms with Crippen molar-refractivity contribution in [1.29, 1.82) is 0 Å². The largest absolute Gasteiger partial charge is 0.340 e. The molecule has 1 aromatic heterocycles. The van der Waals surface area contributed by atoms with Gasteiger partial charge in [-0.1, -0.05) is 47.5 Å². The minimum Gasteiger partial charge on any atom is -0.340 e. The van der Waals surface area contributed by atoms with E-state index < -0.39 is 0 Å². The van der Waals surface area contributed by atoms with E-state index in [-0.39, 0.29) is 0 Å². The van der Waals surface area contributed by atoms with E-state index >= 15 is 0 Å². The summed E-state index contributed by atoms with van der Waals surface area (Å²) in [4.78, 5) is 2.61. The summed E-state index contributed by atoms with van der Waals surface area (Å²) in [6.45, 7) is 7.66. The molecule has 2 bridgehead atoms. The van der Waals surface area contributed by atoms with Crippen LogP contribution in [0.2, 0.25) is 10.0 Å². The van der Waals surface area contributed by atoms with Gasteiger partial charge in [0.2, 0.25) is 0 Å². The van der Waals surface area contributed by atoms with Gasteiger partial charge in [0.05, 0.1) is 0 Å². The Morgan fingerprint density at radius 1 is 1.07 bits per heavy atom. The van der Waals surface area contributed by atoms with E-state index in [9.17, 15) is 0 Å². The SMILES string of the molecule is Cc1c(CNC2CN3CCC2CC3)c2ccccc2n1Cc1ccc(Cl)cc1Cl. The Balaban J connectivity index is 1.44. The van der Waals surface area contributed by atoms with Gasteiger partial charge in [-0.05, 0) is 68.1 Å². The van der Waals surface area contributed by atoms with Crippen LogP contribution < -0.4 is 5.32 Å². The second kappa shape index (κ2) is 7.96. The van der Waals surface area contributed by atoms with E-state index in [2.05, 4.69) is 46.0 Å². The number of rotatable bonds is 5. The maximum atomic E-state index is 6.47. The van der Waals surface area contributed by atoms with Crippen LogP contribution in [0.1, 0.15) is 29.7 Å². The molecular formula is C24H27Cl2N3. The van der Waals surface area contributed by atoms with Gasteiger partial charge in [0, 0.05) is 52.3 Å². The zero-order valence-electron chi connectivity index (χ0n) is 16.8. The summed E-state index contributed by atoms with van der Waals surface area (Å²) in [5.41, 5.74) is 5.08. The first-order valence-corrected chi connectivity index (χ1v) is 11.3. The summed E-state index contributed by atoms with van der Waals surface area (Å²) in [5.74, 6) is 0.835. The van der Waals surface area contributed by atoms with Gasteiger partial charge in [-0.15, -0.1) is 0 Å². The topological polar surface area (TPSA) is 20.2 Å². The van der Waals surface area contributed by atoms with Gasteiger partial charge >= 0.3 is 0 Å². The van der Waals surface area contributed by atoms with Gasteiger partial charge in [-0.3, -0.25) is 0 Å². The van der Waals surface area contributed by atoms with Crippen molar-refractivity contribution in [3.05, 3.63) is 69.3 Å². The molecule has 0 spiro atoms. The monoisotopic (exact) mass is 427 g/mol. The maximum Gasteiger partial charge on any atom is 0.0493 e. The fourth-order valence-corrected chi connectivity index (χ4v) is 5.65. The van der Waals surface area contributed by atoms with Crippen molar-refractivity contribution < 1.29 is 0 Å². The molecule has 1 unspecified atom stereocenters. The normalized spacial score (nSPS) is 23.8. The molecule has 0 radical (unpaired) electrons. The average Bonchev–Trinajstić information content (AvgIpc) is 3.00. The van der Waals surface area contributed by atoms with Crippen LogP contribution in [0.5, 0.6) is 0 Å². The zero-order valence-corrected chi connectivity index (χ0v) is 18.3. The molecule has 3 aromatic rings. The third kappa shape index (κ3) is 3.70. The smallest absolute Gasteiger partial charge is 0.0493 e. The summed E-state index contributed by atoms with van der Waals surface area (Å²) >= 11 is 12.6. The van der Waals surface area contributed by atoms with Gasteiger partial charge in [0.25, 0.3) is 0 Å². The van der Waals surface area contributed by atoms with E-state index in [1.54, 1.807) is 0 Å². The van der Waals surface area contributed by atoms with Crippen molar-refractivity contribution in [2.75, 3.05) is 19.6 Å². The summed E-state index contributed by atoms with van der Waals surface area (Å²) < 4.78 is 2.39. The fraction of sp³-hybridized carbons (Fsp3) is 0.417. The van der Waals surface area contributed by atoms with Gasteiger partial charge in [-0.2, -0.15) is 0 Å². The van der Waals surface area contributed by atoms with Crippen LogP contribution in [0.4, 0.5) is 0 Å². The molecule has 0 aliphatic carbocycles. The Morgan fingerprint density at radius 3 is 2.59 bits per heavy atom. The van der Waals surface area contributed by atoms with Crippen molar-refractivity contribution in [3.8, 4) is 0 Å². The predicted molar refractivity (Wildman–Crippen MR) is 122 cm³/mol. The molecule has 3 nitrogen and oxygen atoms in total. The van der Waals surface area contributed by atoms with Crippen LogP contribution in [-0.4, -0.2) is 35.1 Å². The van der Waals surface area contributed by atoms with E-state index in [1.807, 2.05) is 18.2 Å². The van der Waals surface area contributed by atoms with E-state index in [0.29, 0.717) is 11.1 Å². The molecule has 29 heavy (non-hydrogen) atoms. The van der Waals surface area contributed by atoms with Gasteiger partial charge in [0.1, 0.15) is 0 Å². The molecule has 6 rings (SSSR count). The van der Waals surface area contributed by atoms with Crippen LogP contribution in [0.3, 0.4) is 0 Å². The number of benzene rings is 2. The molecule has 2 aromatic carbocycles. The number of aromatic nitrogens is 1. The molecule has 1 atom stereocenters. The van der Waals surface area contributed by atoms with Crippen LogP contribution in [0.15, 0.2) is 42.5 Å². The molecule has 152 valence electrons. The molecule has 3 saturated heterocycles. The Labute approximate surface area is 182 Å². The Kier molecular flexibility index (Phi) is 5.34. The van der Waals surface area contributed by atoms with Gasteiger partial charge in [-0.25, -0.2) is 0 Å². The Hall–Kier alpha value is -1.52. The zero-order chi connectivity index (χ0) is 20.0. The van der Waals surface area contributed by atoms with E-state index in [1.165, 1.54) is 54.6 Å². The molecule has 3 aliphatic heterocycles. The predicted octanol–water partition coefficient (Wildman–Crippen LogP) is 5.49. The number of piperidine rings is 3. The Bertz CT molecular complexity index is 1030. The number of fused-ring (bicyclic) bond motifs is 4. The van der Waals surface area contributed by atoms with Crippen molar-refractivity contribution in [2.45, 2.75) is 38.9 Å². The van der Waals surface area contributed by atoms with Crippen molar-refractivity contribution >= 4 is 34.1 Å². The third-order valence-corrected chi connectivity index (χ3v) is 7.49. The molecule has 1 N–H and O–H groups in total. The summed E-state index contributed by atoms with van der Waals surface area (Å²) in [6.07, 6.45) is 2.68. The van der Waals surface area contributed by atoms with Crippen molar-refractivity contribution in [1.82, 2.24) is 14.8 Å². The highest BCUT2D eigenvalue weighted by molar-refractivity contribution is 6.35.